The molecule has 0 saturated heterocycles. The fraction of sp³-hybridized carbons (Fsp3) is 0.333. The second-order valence-corrected chi connectivity index (χ2v) is 5.49. The molecule has 3 nitrogen and oxygen atoms in total. The third kappa shape index (κ3) is 2.92. The van der Waals surface area contributed by atoms with Crippen LogP contribution in [-0.4, -0.2) is 11.7 Å². The maximum Gasteiger partial charge on any atom is 0.124 e. The van der Waals surface area contributed by atoms with E-state index >= 15 is 0 Å². The van der Waals surface area contributed by atoms with Crippen molar-refractivity contribution < 1.29 is 14.2 Å². The van der Waals surface area contributed by atoms with Gasteiger partial charge in [-0.25, -0.2) is 4.39 Å². The van der Waals surface area contributed by atoms with Gasteiger partial charge in [0, 0.05) is 11.3 Å². The Morgan fingerprint density at radius 3 is 2.91 bits per heavy atom. The number of aryl methyl sites for hydroxylation is 1. The summed E-state index contributed by atoms with van der Waals surface area (Å²) >= 11 is 0. The van der Waals surface area contributed by atoms with Crippen molar-refractivity contribution in [2.24, 2.45) is 0 Å². The Balaban J connectivity index is 1.82. The van der Waals surface area contributed by atoms with Crippen molar-refractivity contribution in [3.05, 3.63) is 58.9 Å². The number of fused-ring (bicyclic) bond motifs is 1. The third-order valence-corrected chi connectivity index (χ3v) is 4.06. The molecule has 0 radical (unpaired) electrons. The van der Waals surface area contributed by atoms with E-state index in [1.165, 1.54) is 11.6 Å². The van der Waals surface area contributed by atoms with Gasteiger partial charge in [-0.05, 0) is 61.2 Å². The smallest absolute Gasteiger partial charge is 0.124 e. The molecule has 0 aliphatic heterocycles. The van der Waals surface area contributed by atoms with E-state index in [2.05, 4.69) is 5.32 Å². The van der Waals surface area contributed by atoms with Crippen molar-refractivity contribution in [2.45, 2.75) is 32.4 Å². The van der Waals surface area contributed by atoms with Crippen molar-refractivity contribution in [1.29, 1.82) is 0 Å². The molecule has 4 heteroatoms. The van der Waals surface area contributed by atoms with E-state index in [9.17, 15) is 9.50 Å². The van der Waals surface area contributed by atoms with E-state index in [4.69, 9.17) is 4.74 Å². The monoisotopic (exact) mass is 301 g/mol. The summed E-state index contributed by atoms with van der Waals surface area (Å²) in [5.41, 5.74) is 3.89. The first-order valence-electron chi connectivity index (χ1n) is 7.62. The van der Waals surface area contributed by atoms with Crippen LogP contribution in [0.5, 0.6) is 5.75 Å². The van der Waals surface area contributed by atoms with Gasteiger partial charge in [0.15, 0.2) is 0 Å². The van der Waals surface area contributed by atoms with E-state index in [0.29, 0.717) is 12.4 Å². The van der Waals surface area contributed by atoms with Crippen molar-refractivity contribution in [1.82, 2.24) is 0 Å². The molecular weight excluding hydrogens is 281 g/mol. The summed E-state index contributed by atoms with van der Waals surface area (Å²) < 4.78 is 18.9. The minimum Gasteiger partial charge on any atom is -0.494 e. The Morgan fingerprint density at radius 1 is 1.27 bits per heavy atom. The van der Waals surface area contributed by atoms with Crippen LogP contribution in [0.15, 0.2) is 36.4 Å². The number of anilines is 1. The van der Waals surface area contributed by atoms with Gasteiger partial charge in [0.25, 0.3) is 0 Å². The van der Waals surface area contributed by atoms with Crippen LogP contribution in [-0.2, 0) is 13.0 Å². The van der Waals surface area contributed by atoms with Crippen LogP contribution in [0.3, 0.4) is 0 Å². The molecule has 0 spiro atoms. The molecule has 3 rings (SSSR count). The fourth-order valence-electron chi connectivity index (χ4n) is 3.01. The molecule has 22 heavy (non-hydrogen) atoms. The highest BCUT2D eigenvalue weighted by atomic mass is 19.1. The van der Waals surface area contributed by atoms with Crippen LogP contribution in [0.4, 0.5) is 10.1 Å². The Bertz CT molecular complexity index is 672. The van der Waals surface area contributed by atoms with Crippen molar-refractivity contribution in [3.8, 4) is 5.75 Å². The van der Waals surface area contributed by atoms with E-state index < -0.39 is 0 Å². The van der Waals surface area contributed by atoms with Crippen molar-refractivity contribution in [3.63, 3.8) is 0 Å². The summed E-state index contributed by atoms with van der Waals surface area (Å²) in [6, 6.07) is 10.8. The van der Waals surface area contributed by atoms with Crippen molar-refractivity contribution >= 4 is 5.69 Å². The molecule has 2 N–H and O–H groups in total. The Hall–Kier alpha value is -2.07. The lowest BCUT2D eigenvalue weighted by Gasteiger charge is -2.17. The maximum absolute atomic E-state index is 13.5. The summed E-state index contributed by atoms with van der Waals surface area (Å²) in [6.45, 7) is 2.41. The van der Waals surface area contributed by atoms with Gasteiger partial charge < -0.3 is 15.2 Å². The van der Waals surface area contributed by atoms with Crippen LogP contribution in [0.1, 0.15) is 36.1 Å². The largest absolute Gasteiger partial charge is 0.494 e. The number of hydrogen-bond donors (Lipinski definition) is 2. The van der Waals surface area contributed by atoms with E-state index in [0.717, 1.165) is 29.7 Å². The summed E-state index contributed by atoms with van der Waals surface area (Å²) in [7, 11) is 0. The predicted molar refractivity (Wildman–Crippen MR) is 84.6 cm³/mol. The first-order chi connectivity index (χ1) is 10.7. The molecule has 116 valence electrons. The Kier molecular flexibility index (Phi) is 4.29. The normalized spacial score (nSPS) is 16.4. The lowest BCUT2D eigenvalue weighted by Crippen LogP contribution is -2.08. The zero-order chi connectivity index (χ0) is 15.5. The first-order valence-corrected chi connectivity index (χ1v) is 7.62. The number of nitrogens with one attached hydrogen (secondary N) is 1. The van der Waals surface area contributed by atoms with Crippen LogP contribution in [0, 0.1) is 5.82 Å². The minimum atomic E-state index is -0.199. The SMILES string of the molecule is CCOc1ccc(N[C@H]2CCc3ccc(F)cc32)cc1CO. The Morgan fingerprint density at radius 2 is 2.14 bits per heavy atom. The molecule has 0 unspecified atom stereocenters. The Labute approximate surface area is 129 Å². The highest BCUT2D eigenvalue weighted by Crippen LogP contribution is 2.35. The molecule has 0 heterocycles. The number of ether oxygens (including phenoxy) is 1. The van der Waals surface area contributed by atoms with Gasteiger partial charge in [-0.1, -0.05) is 6.07 Å². The van der Waals surface area contributed by atoms with Crippen LogP contribution < -0.4 is 10.1 Å². The van der Waals surface area contributed by atoms with Gasteiger partial charge in [0.1, 0.15) is 11.6 Å². The lowest BCUT2D eigenvalue weighted by atomic mass is 10.1. The van der Waals surface area contributed by atoms with Crippen LogP contribution in [0.2, 0.25) is 0 Å². The quantitative estimate of drug-likeness (QED) is 0.882. The number of halogens is 1. The minimum absolute atomic E-state index is 0.0687. The van der Waals surface area contributed by atoms with E-state index in [1.807, 2.05) is 31.2 Å². The van der Waals surface area contributed by atoms with Gasteiger partial charge in [0.2, 0.25) is 0 Å². The molecule has 1 aliphatic carbocycles. The average molecular weight is 301 g/mol. The first kappa shape index (κ1) is 14.9. The topological polar surface area (TPSA) is 41.5 Å². The molecule has 0 saturated carbocycles. The zero-order valence-corrected chi connectivity index (χ0v) is 12.6. The zero-order valence-electron chi connectivity index (χ0n) is 12.6. The summed E-state index contributed by atoms with van der Waals surface area (Å²) in [5.74, 6) is 0.503. The summed E-state index contributed by atoms with van der Waals surface area (Å²) in [4.78, 5) is 0. The molecule has 0 bridgehead atoms. The third-order valence-electron chi connectivity index (χ3n) is 4.06. The molecular formula is C18H20FNO2. The van der Waals surface area contributed by atoms with Gasteiger partial charge >= 0.3 is 0 Å². The summed E-state index contributed by atoms with van der Waals surface area (Å²) in [6.07, 6.45) is 1.90. The second-order valence-electron chi connectivity index (χ2n) is 5.49. The second kappa shape index (κ2) is 6.36. The molecule has 2 aromatic carbocycles. The summed E-state index contributed by atoms with van der Waals surface area (Å²) in [5, 5.41) is 12.9. The van der Waals surface area contributed by atoms with Gasteiger partial charge in [0.05, 0.1) is 19.3 Å². The van der Waals surface area contributed by atoms with E-state index in [1.54, 1.807) is 6.07 Å². The average Bonchev–Trinajstić information content (AvgIpc) is 2.91. The lowest BCUT2D eigenvalue weighted by molar-refractivity contribution is 0.267. The van der Waals surface area contributed by atoms with Crippen LogP contribution >= 0.6 is 0 Å². The van der Waals surface area contributed by atoms with Gasteiger partial charge in [-0.3, -0.25) is 0 Å². The molecule has 1 atom stereocenters. The van der Waals surface area contributed by atoms with E-state index in [-0.39, 0.29) is 18.5 Å². The fourth-order valence-corrected chi connectivity index (χ4v) is 3.01. The van der Waals surface area contributed by atoms with Crippen molar-refractivity contribution in [2.75, 3.05) is 11.9 Å². The number of aliphatic hydroxyl groups is 1. The van der Waals surface area contributed by atoms with Gasteiger partial charge in [-0.15, -0.1) is 0 Å². The molecule has 2 aromatic rings. The number of hydrogen-bond acceptors (Lipinski definition) is 3. The van der Waals surface area contributed by atoms with Crippen LogP contribution in [0.25, 0.3) is 0 Å². The van der Waals surface area contributed by atoms with Gasteiger partial charge in [-0.2, -0.15) is 0 Å². The molecule has 1 aliphatic rings. The number of aliphatic hydroxyl groups excluding tert-OH is 1. The maximum atomic E-state index is 13.5. The molecule has 0 fully saturated rings. The molecule has 0 amide bonds. The number of rotatable bonds is 5. The highest BCUT2D eigenvalue weighted by Gasteiger charge is 2.23. The predicted octanol–water partition coefficient (Wildman–Crippen LogP) is 3.82. The highest BCUT2D eigenvalue weighted by molar-refractivity contribution is 5.53. The standard InChI is InChI=1S/C18H20FNO2/c1-2-22-18-8-6-15(9-13(18)11-21)20-17-7-4-12-3-5-14(19)10-16(12)17/h3,5-6,8-10,17,20-21H,2,4,7,11H2,1H3/t17-/m0/s1. The number of benzene rings is 2. The molecule has 0 aromatic heterocycles.